The van der Waals surface area contributed by atoms with Gasteiger partial charge in [-0.05, 0) is 48.4 Å². The molecule has 29 heavy (non-hydrogen) atoms. The number of hydrogen-bond acceptors (Lipinski definition) is 4. The number of carbonyl (C=O) groups is 1. The third-order valence-corrected chi connectivity index (χ3v) is 4.53. The maximum Gasteiger partial charge on any atom is 0.274 e. The first-order valence-electron chi connectivity index (χ1n) is 9.28. The molecule has 0 radical (unpaired) electrons. The Morgan fingerprint density at radius 1 is 0.931 bits per heavy atom. The average molecular weight is 386 g/mol. The van der Waals surface area contributed by atoms with E-state index in [9.17, 15) is 9.18 Å². The van der Waals surface area contributed by atoms with Crippen LogP contribution in [0, 0.1) is 5.82 Å². The zero-order chi connectivity index (χ0) is 20.1. The highest BCUT2D eigenvalue weighted by atomic mass is 19.1. The molecule has 2 aromatic carbocycles. The lowest BCUT2D eigenvalue weighted by Gasteiger charge is -2.09. The van der Waals surface area contributed by atoms with Gasteiger partial charge in [0.25, 0.3) is 5.91 Å². The van der Waals surface area contributed by atoms with E-state index < -0.39 is 0 Å². The fourth-order valence-electron chi connectivity index (χ4n) is 3.03. The molecule has 0 bridgehead atoms. The van der Waals surface area contributed by atoms with Crippen molar-refractivity contribution in [2.75, 3.05) is 17.2 Å². The summed E-state index contributed by atoms with van der Waals surface area (Å²) in [6.45, 7) is 0.681. The van der Waals surface area contributed by atoms with E-state index in [1.54, 1.807) is 30.6 Å². The van der Waals surface area contributed by atoms with Crippen molar-refractivity contribution in [3.05, 3.63) is 96.2 Å². The molecule has 5 nitrogen and oxygen atoms in total. The highest BCUT2D eigenvalue weighted by Gasteiger charge is 2.10. The van der Waals surface area contributed by atoms with Crippen molar-refractivity contribution >= 4 is 28.2 Å². The summed E-state index contributed by atoms with van der Waals surface area (Å²) in [6.07, 6.45) is 4.08. The summed E-state index contributed by atoms with van der Waals surface area (Å²) in [5, 5.41) is 7.08. The number of benzene rings is 2. The quantitative estimate of drug-likeness (QED) is 0.505. The number of rotatable bonds is 6. The van der Waals surface area contributed by atoms with Crippen LogP contribution in [-0.4, -0.2) is 22.4 Å². The highest BCUT2D eigenvalue weighted by Crippen LogP contribution is 2.21. The van der Waals surface area contributed by atoms with Gasteiger partial charge in [-0.15, -0.1) is 0 Å². The molecule has 0 spiro atoms. The predicted octanol–water partition coefficient (Wildman–Crippen LogP) is 4.68. The molecule has 4 aromatic rings. The number of pyridine rings is 2. The molecule has 2 heterocycles. The van der Waals surface area contributed by atoms with E-state index in [1.165, 1.54) is 12.1 Å². The van der Waals surface area contributed by atoms with Gasteiger partial charge in [-0.3, -0.25) is 9.78 Å². The van der Waals surface area contributed by atoms with Crippen LogP contribution in [0.1, 0.15) is 16.1 Å². The van der Waals surface area contributed by atoms with Gasteiger partial charge in [0.15, 0.2) is 0 Å². The van der Waals surface area contributed by atoms with E-state index in [-0.39, 0.29) is 11.7 Å². The fourth-order valence-corrected chi connectivity index (χ4v) is 3.03. The molecule has 1 amide bonds. The molecule has 0 fully saturated rings. The third kappa shape index (κ3) is 4.55. The number of nitrogens with one attached hydrogen (secondary N) is 2. The van der Waals surface area contributed by atoms with Crippen molar-refractivity contribution in [2.45, 2.75) is 6.42 Å². The molecule has 144 valence electrons. The number of hydrogen-bond donors (Lipinski definition) is 2. The van der Waals surface area contributed by atoms with Gasteiger partial charge in [0.2, 0.25) is 0 Å². The Balaban J connectivity index is 1.37. The molecule has 0 aliphatic rings. The molecule has 2 N–H and O–H groups in total. The monoisotopic (exact) mass is 386 g/mol. The minimum Gasteiger partial charge on any atom is -0.383 e. The fraction of sp³-hybridized carbons (Fsp3) is 0.0870. The lowest BCUT2D eigenvalue weighted by Crippen LogP contribution is -2.14. The molecular weight excluding hydrogens is 367 g/mol. The van der Waals surface area contributed by atoms with Crippen LogP contribution in [0.25, 0.3) is 10.9 Å². The number of carbonyl (C=O) groups excluding carboxylic acids is 1. The average Bonchev–Trinajstić information content (AvgIpc) is 2.76. The van der Waals surface area contributed by atoms with Crippen molar-refractivity contribution in [1.82, 2.24) is 9.97 Å². The molecule has 0 atom stereocenters. The minimum atomic E-state index is -0.291. The van der Waals surface area contributed by atoms with Crippen molar-refractivity contribution in [3.63, 3.8) is 0 Å². The number of anilines is 2. The number of fused-ring (bicyclic) bond motifs is 1. The summed E-state index contributed by atoms with van der Waals surface area (Å²) in [4.78, 5) is 21.1. The van der Waals surface area contributed by atoms with Gasteiger partial charge < -0.3 is 10.6 Å². The largest absolute Gasteiger partial charge is 0.383 e. The van der Waals surface area contributed by atoms with Crippen LogP contribution < -0.4 is 10.6 Å². The Morgan fingerprint density at radius 2 is 1.76 bits per heavy atom. The summed E-state index contributed by atoms with van der Waals surface area (Å²) in [7, 11) is 0. The Bertz CT molecular complexity index is 1120. The second kappa shape index (κ2) is 8.48. The van der Waals surface area contributed by atoms with Crippen LogP contribution in [0.5, 0.6) is 0 Å². The van der Waals surface area contributed by atoms with Crippen LogP contribution in [0.15, 0.2) is 79.1 Å². The zero-order valence-electron chi connectivity index (χ0n) is 15.6. The number of halogens is 1. The first-order chi connectivity index (χ1) is 14.2. The van der Waals surface area contributed by atoms with Gasteiger partial charge in [0.05, 0.1) is 23.1 Å². The van der Waals surface area contributed by atoms with E-state index in [0.29, 0.717) is 17.9 Å². The van der Waals surface area contributed by atoms with E-state index in [0.717, 1.165) is 28.6 Å². The van der Waals surface area contributed by atoms with Gasteiger partial charge >= 0.3 is 0 Å². The molecule has 0 aliphatic carbocycles. The van der Waals surface area contributed by atoms with Gasteiger partial charge in [-0.25, -0.2) is 9.37 Å². The topological polar surface area (TPSA) is 66.9 Å². The van der Waals surface area contributed by atoms with E-state index in [4.69, 9.17) is 0 Å². The normalized spacial score (nSPS) is 10.7. The zero-order valence-corrected chi connectivity index (χ0v) is 15.6. The van der Waals surface area contributed by atoms with Crippen molar-refractivity contribution in [1.29, 1.82) is 0 Å². The molecule has 0 aliphatic heterocycles. The number of para-hydroxylation sites is 1. The molecule has 0 saturated heterocycles. The Labute approximate surface area is 167 Å². The van der Waals surface area contributed by atoms with Gasteiger partial charge in [-0.1, -0.05) is 30.3 Å². The van der Waals surface area contributed by atoms with E-state index in [2.05, 4.69) is 20.6 Å². The van der Waals surface area contributed by atoms with E-state index >= 15 is 0 Å². The minimum absolute atomic E-state index is 0.237. The van der Waals surface area contributed by atoms with Crippen LogP contribution in [-0.2, 0) is 6.42 Å². The molecule has 6 heteroatoms. The first kappa shape index (κ1) is 18.6. The van der Waals surface area contributed by atoms with Crippen LogP contribution in [0.3, 0.4) is 0 Å². The Morgan fingerprint density at radius 3 is 2.55 bits per heavy atom. The third-order valence-electron chi connectivity index (χ3n) is 4.53. The van der Waals surface area contributed by atoms with Crippen molar-refractivity contribution in [3.8, 4) is 0 Å². The summed E-state index contributed by atoms with van der Waals surface area (Å²) < 4.78 is 12.9. The lowest BCUT2D eigenvalue weighted by atomic mass is 10.1. The van der Waals surface area contributed by atoms with Gasteiger partial charge in [-0.2, -0.15) is 0 Å². The van der Waals surface area contributed by atoms with Crippen LogP contribution in [0.4, 0.5) is 15.8 Å². The predicted molar refractivity (Wildman–Crippen MR) is 113 cm³/mol. The summed E-state index contributed by atoms with van der Waals surface area (Å²) in [5.74, 6) is -0.528. The molecule has 0 saturated carbocycles. The van der Waals surface area contributed by atoms with Crippen molar-refractivity contribution in [2.24, 2.45) is 0 Å². The lowest BCUT2D eigenvalue weighted by molar-refractivity contribution is 0.102. The first-order valence-corrected chi connectivity index (χ1v) is 9.28. The second-order valence-electron chi connectivity index (χ2n) is 6.57. The number of aromatic nitrogens is 2. The maximum absolute atomic E-state index is 12.9. The highest BCUT2D eigenvalue weighted by molar-refractivity contribution is 6.07. The van der Waals surface area contributed by atoms with Crippen molar-refractivity contribution < 1.29 is 9.18 Å². The Kier molecular flexibility index (Phi) is 5.42. The summed E-state index contributed by atoms with van der Waals surface area (Å²) >= 11 is 0. The summed E-state index contributed by atoms with van der Waals surface area (Å²) in [6, 6.07) is 19.4. The van der Waals surface area contributed by atoms with Crippen LogP contribution >= 0.6 is 0 Å². The molecule has 4 rings (SSSR count). The standard InChI is InChI=1S/C23H19FN4O/c24-18-8-6-16(7-9-18)12-14-25-19-10-11-21(27-15-19)23(29)28-20-5-1-3-17-4-2-13-26-22(17)20/h1-11,13,15,25H,12,14H2,(H,28,29). The number of amides is 1. The maximum atomic E-state index is 12.9. The molecular formula is C23H19FN4O. The van der Waals surface area contributed by atoms with E-state index in [1.807, 2.05) is 36.4 Å². The van der Waals surface area contributed by atoms with Gasteiger partial charge in [0, 0.05) is 18.1 Å². The molecule has 0 unspecified atom stereocenters. The molecule has 2 aromatic heterocycles. The SMILES string of the molecule is O=C(Nc1cccc2cccnc12)c1ccc(NCCc2ccc(F)cc2)cn1. The smallest absolute Gasteiger partial charge is 0.274 e. The second-order valence-corrected chi connectivity index (χ2v) is 6.57. The number of nitrogens with zero attached hydrogens (tertiary/aromatic N) is 2. The Hall–Kier alpha value is -3.80. The summed E-state index contributed by atoms with van der Waals surface area (Å²) in [5.41, 5.74) is 3.57. The van der Waals surface area contributed by atoms with Crippen LogP contribution in [0.2, 0.25) is 0 Å². The van der Waals surface area contributed by atoms with Gasteiger partial charge in [0.1, 0.15) is 11.5 Å².